The van der Waals surface area contributed by atoms with Gasteiger partial charge in [-0.25, -0.2) is 0 Å². The molecule has 0 saturated heterocycles. The van der Waals surface area contributed by atoms with Crippen LogP contribution in [-0.2, 0) is 0 Å². The van der Waals surface area contributed by atoms with Crippen molar-refractivity contribution in [1.82, 2.24) is 4.98 Å². The Balaban J connectivity index is 2.40. The van der Waals surface area contributed by atoms with E-state index in [0.717, 1.165) is 0 Å². The zero-order valence-corrected chi connectivity index (χ0v) is 9.49. The topological polar surface area (TPSA) is 12.9 Å². The first-order valence-corrected chi connectivity index (χ1v) is 5.57. The molecule has 2 bridgehead atoms. The second kappa shape index (κ2) is 3.38. The van der Waals surface area contributed by atoms with Crippen LogP contribution < -0.4 is 0 Å². The van der Waals surface area contributed by atoms with Gasteiger partial charge in [0.1, 0.15) is 0 Å². The lowest BCUT2D eigenvalue weighted by atomic mass is 9.77. The van der Waals surface area contributed by atoms with E-state index >= 15 is 0 Å². The second-order valence-corrected chi connectivity index (χ2v) is 5.05. The number of rotatable bonds is 2. The average molecular weight is 189 g/mol. The molecular formula is C13H19N. The van der Waals surface area contributed by atoms with Crippen LogP contribution in [0.5, 0.6) is 0 Å². The summed E-state index contributed by atoms with van der Waals surface area (Å²) in [6.07, 6.45) is 1.96. The Bertz CT molecular complexity index is 299. The first-order chi connectivity index (χ1) is 6.61. The molecule has 1 nitrogen and oxygen atoms in total. The van der Waals surface area contributed by atoms with Crippen LogP contribution in [0.1, 0.15) is 50.8 Å². The Kier molecular flexibility index (Phi) is 2.34. The Labute approximate surface area is 86.6 Å². The van der Waals surface area contributed by atoms with Gasteiger partial charge in [-0.3, -0.25) is 4.98 Å². The van der Waals surface area contributed by atoms with Gasteiger partial charge in [-0.1, -0.05) is 27.7 Å². The lowest BCUT2D eigenvalue weighted by Crippen LogP contribution is -2.16. The molecule has 2 unspecified atom stereocenters. The molecule has 0 aliphatic heterocycles. The number of hydrogen-bond acceptors (Lipinski definition) is 1. The van der Waals surface area contributed by atoms with Gasteiger partial charge in [-0.15, -0.1) is 0 Å². The van der Waals surface area contributed by atoms with Crippen LogP contribution in [0.25, 0.3) is 0 Å². The van der Waals surface area contributed by atoms with E-state index in [1.165, 1.54) is 11.3 Å². The molecule has 0 N–H and O–H groups in total. The molecular weight excluding hydrogens is 170 g/mol. The van der Waals surface area contributed by atoms with Crippen LogP contribution in [0.4, 0.5) is 0 Å². The van der Waals surface area contributed by atoms with Crippen LogP contribution in [-0.4, -0.2) is 4.98 Å². The number of hydrogen-bond donors (Lipinski definition) is 0. The predicted molar refractivity (Wildman–Crippen MR) is 59.4 cm³/mol. The first kappa shape index (κ1) is 9.70. The van der Waals surface area contributed by atoms with Crippen molar-refractivity contribution in [3.05, 3.63) is 29.6 Å². The molecule has 1 aromatic heterocycles. The third kappa shape index (κ3) is 1.35. The lowest BCUT2D eigenvalue weighted by molar-refractivity contribution is 0.358. The summed E-state index contributed by atoms with van der Waals surface area (Å²) < 4.78 is 0. The Morgan fingerprint density at radius 3 is 2.29 bits per heavy atom. The molecule has 2 atom stereocenters. The Morgan fingerprint density at radius 1 is 1.07 bits per heavy atom. The Morgan fingerprint density at radius 2 is 1.71 bits per heavy atom. The van der Waals surface area contributed by atoms with Gasteiger partial charge in [0.05, 0.1) is 0 Å². The van der Waals surface area contributed by atoms with Crippen molar-refractivity contribution in [3.63, 3.8) is 0 Å². The summed E-state index contributed by atoms with van der Waals surface area (Å²) in [6.45, 7) is 9.24. The van der Waals surface area contributed by atoms with Crippen LogP contribution in [0.15, 0.2) is 18.3 Å². The van der Waals surface area contributed by atoms with E-state index in [1.54, 1.807) is 0 Å². The molecule has 0 aromatic carbocycles. The predicted octanol–water partition coefficient (Wildman–Crippen LogP) is 3.57. The minimum absolute atomic E-state index is 0.639. The lowest BCUT2D eigenvalue weighted by Gasteiger charge is -2.27. The first-order valence-electron chi connectivity index (χ1n) is 5.57. The molecule has 1 aromatic rings. The minimum atomic E-state index is 0.639. The van der Waals surface area contributed by atoms with Crippen LogP contribution in [0, 0.1) is 11.8 Å². The number of fused-ring (bicyclic) bond motifs is 2. The van der Waals surface area contributed by atoms with E-state index in [2.05, 4.69) is 44.8 Å². The van der Waals surface area contributed by atoms with Gasteiger partial charge in [-0.2, -0.15) is 0 Å². The van der Waals surface area contributed by atoms with Crippen LogP contribution >= 0.6 is 0 Å². The van der Waals surface area contributed by atoms with Crippen molar-refractivity contribution in [1.29, 1.82) is 0 Å². The molecule has 1 aliphatic rings. The summed E-state index contributed by atoms with van der Waals surface area (Å²) in [7, 11) is 0. The third-order valence-corrected chi connectivity index (χ3v) is 3.35. The highest BCUT2D eigenvalue weighted by Gasteiger charge is 2.35. The fourth-order valence-electron chi connectivity index (χ4n) is 2.80. The SMILES string of the molecule is CC(C)C1c2ccnc(c2)C1C(C)C. The molecule has 1 heterocycles. The molecule has 0 amide bonds. The summed E-state index contributed by atoms with van der Waals surface area (Å²) in [4.78, 5) is 4.48. The molecule has 1 aliphatic carbocycles. The molecule has 1 heteroatoms. The average Bonchev–Trinajstić information content (AvgIpc) is 2.37. The van der Waals surface area contributed by atoms with Crippen molar-refractivity contribution in [2.45, 2.75) is 39.5 Å². The molecule has 14 heavy (non-hydrogen) atoms. The van der Waals surface area contributed by atoms with E-state index in [0.29, 0.717) is 23.7 Å². The third-order valence-electron chi connectivity index (χ3n) is 3.35. The summed E-state index contributed by atoms with van der Waals surface area (Å²) in [5.74, 6) is 2.73. The smallest absolute Gasteiger partial charge is 0.0446 e. The van der Waals surface area contributed by atoms with Crippen molar-refractivity contribution in [2.24, 2.45) is 11.8 Å². The molecule has 2 rings (SSSR count). The van der Waals surface area contributed by atoms with E-state index in [9.17, 15) is 0 Å². The highest BCUT2D eigenvalue weighted by Crippen LogP contribution is 2.47. The van der Waals surface area contributed by atoms with Gasteiger partial charge in [0, 0.05) is 17.8 Å². The maximum Gasteiger partial charge on any atom is 0.0446 e. The maximum absolute atomic E-state index is 4.48. The van der Waals surface area contributed by atoms with Gasteiger partial charge in [-0.05, 0) is 35.4 Å². The van der Waals surface area contributed by atoms with Gasteiger partial charge in [0.15, 0.2) is 0 Å². The summed E-state index contributed by atoms with van der Waals surface area (Å²) in [5, 5.41) is 0. The fraction of sp³-hybridized carbons (Fsp3) is 0.615. The van der Waals surface area contributed by atoms with E-state index in [4.69, 9.17) is 0 Å². The largest absolute Gasteiger partial charge is 0.261 e. The van der Waals surface area contributed by atoms with Gasteiger partial charge >= 0.3 is 0 Å². The normalized spacial score (nSPS) is 25.0. The number of nitrogens with zero attached hydrogens (tertiary/aromatic N) is 1. The Hall–Kier alpha value is -0.850. The molecule has 0 saturated carbocycles. The monoisotopic (exact) mass is 189 g/mol. The zero-order valence-electron chi connectivity index (χ0n) is 9.49. The standard InChI is InChI=1S/C13H19N/c1-8(2)12-10-5-6-14-11(7-10)13(12)9(3)4/h5-9,12-13H,1-4H3. The van der Waals surface area contributed by atoms with Crippen molar-refractivity contribution >= 4 is 0 Å². The van der Waals surface area contributed by atoms with Crippen molar-refractivity contribution < 1.29 is 0 Å². The van der Waals surface area contributed by atoms with Crippen LogP contribution in [0.2, 0.25) is 0 Å². The van der Waals surface area contributed by atoms with E-state index < -0.39 is 0 Å². The second-order valence-electron chi connectivity index (χ2n) is 5.05. The van der Waals surface area contributed by atoms with E-state index in [-0.39, 0.29) is 0 Å². The highest BCUT2D eigenvalue weighted by molar-refractivity contribution is 5.34. The van der Waals surface area contributed by atoms with Crippen molar-refractivity contribution in [3.8, 4) is 0 Å². The fourth-order valence-corrected chi connectivity index (χ4v) is 2.80. The number of pyridine rings is 1. The van der Waals surface area contributed by atoms with Gasteiger partial charge in [0.25, 0.3) is 0 Å². The summed E-state index contributed by atoms with van der Waals surface area (Å²) in [6, 6.07) is 4.46. The molecule has 0 spiro atoms. The molecule has 76 valence electrons. The van der Waals surface area contributed by atoms with E-state index in [1.807, 2.05) is 6.20 Å². The minimum Gasteiger partial charge on any atom is -0.261 e. The maximum atomic E-state index is 4.48. The van der Waals surface area contributed by atoms with Gasteiger partial charge in [0.2, 0.25) is 0 Å². The summed E-state index contributed by atoms with van der Waals surface area (Å²) >= 11 is 0. The zero-order chi connectivity index (χ0) is 10.3. The highest BCUT2D eigenvalue weighted by atomic mass is 14.7. The summed E-state index contributed by atoms with van der Waals surface area (Å²) in [5.41, 5.74) is 2.79. The molecule has 0 radical (unpaired) electrons. The van der Waals surface area contributed by atoms with Crippen molar-refractivity contribution in [2.75, 3.05) is 0 Å². The number of aromatic nitrogens is 1. The van der Waals surface area contributed by atoms with Crippen LogP contribution in [0.3, 0.4) is 0 Å². The molecule has 0 fully saturated rings. The van der Waals surface area contributed by atoms with Gasteiger partial charge < -0.3 is 0 Å². The quantitative estimate of drug-likeness (QED) is 0.693.